The van der Waals surface area contributed by atoms with Crippen LogP contribution in [0.3, 0.4) is 0 Å². The van der Waals surface area contributed by atoms with Crippen molar-refractivity contribution in [3.63, 3.8) is 0 Å². The van der Waals surface area contributed by atoms with Crippen molar-refractivity contribution >= 4 is 44.5 Å². The maximum absolute atomic E-state index is 12.3. The highest BCUT2D eigenvalue weighted by molar-refractivity contribution is 9.10. The van der Waals surface area contributed by atoms with Crippen LogP contribution >= 0.6 is 15.9 Å². The van der Waals surface area contributed by atoms with E-state index < -0.39 is 18.0 Å². The Labute approximate surface area is 182 Å². The number of carbonyl (C=O) groups is 2. The number of nitrogens with zero attached hydrogens (tertiary/aromatic N) is 3. The lowest BCUT2D eigenvalue weighted by Gasteiger charge is -2.38. The number of aromatic nitrogens is 1. The van der Waals surface area contributed by atoms with Crippen molar-refractivity contribution < 1.29 is 19.8 Å². The summed E-state index contributed by atoms with van der Waals surface area (Å²) in [7, 11) is 0. The molecule has 1 aliphatic rings. The standard InChI is InChI=1S/C22H22BrN3O4/c23-15-6-7-17-18(13-26(14-20(27)28)19(17)12-15)21(22(29)30)25-10-8-24(9-11-25)16-4-2-1-3-5-16/h1-7,12-13,21H,8-11,14H2,(H,27,28)(H,29,30). The van der Waals surface area contributed by atoms with Gasteiger partial charge in [0.15, 0.2) is 0 Å². The summed E-state index contributed by atoms with van der Waals surface area (Å²) < 4.78 is 2.42. The zero-order valence-corrected chi connectivity index (χ0v) is 17.8. The fourth-order valence-electron chi connectivity index (χ4n) is 4.15. The number of rotatable bonds is 6. The first kappa shape index (κ1) is 20.4. The number of anilines is 1. The first-order valence-electron chi connectivity index (χ1n) is 9.71. The molecule has 1 unspecified atom stereocenters. The summed E-state index contributed by atoms with van der Waals surface area (Å²) in [5.74, 6) is -1.90. The average Bonchev–Trinajstić information content (AvgIpc) is 3.05. The summed E-state index contributed by atoms with van der Waals surface area (Å²) in [4.78, 5) is 27.8. The van der Waals surface area contributed by atoms with Crippen molar-refractivity contribution in [2.75, 3.05) is 31.1 Å². The van der Waals surface area contributed by atoms with Crippen LogP contribution in [0.25, 0.3) is 10.9 Å². The molecule has 30 heavy (non-hydrogen) atoms. The predicted molar refractivity (Wildman–Crippen MR) is 118 cm³/mol. The third-order valence-corrected chi connectivity index (χ3v) is 6.00. The molecule has 2 N–H and O–H groups in total. The van der Waals surface area contributed by atoms with Crippen molar-refractivity contribution in [3.8, 4) is 0 Å². The fraction of sp³-hybridized carbons (Fsp3) is 0.273. The molecule has 4 rings (SSSR count). The Morgan fingerprint density at radius 2 is 1.70 bits per heavy atom. The summed E-state index contributed by atoms with van der Waals surface area (Å²) in [6.45, 7) is 2.45. The summed E-state index contributed by atoms with van der Waals surface area (Å²) in [5, 5.41) is 20.1. The summed E-state index contributed by atoms with van der Waals surface area (Å²) >= 11 is 3.42. The molecule has 0 bridgehead atoms. The number of para-hydroxylation sites is 1. The van der Waals surface area contributed by atoms with Gasteiger partial charge in [0.25, 0.3) is 0 Å². The summed E-state index contributed by atoms with van der Waals surface area (Å²) in [6.07, 6.45) is 1.67. The molecule has 1 fully saturated rings. The molecule has 0 spiro atoms. The van der Waals surface area contributed by atoms with Crippen molar-refractivity contribution in [1.82, 2.24) is 9.47 Å². The van der Waals surface area contributed by atoms with Crippen LogP contribution in [0.4, 0.5) is 5.69 Å². The highest BCUT2D eigenvalue weighted by atomic mass is 79.9. The van der Waals surface area contributed by atoms with Gasteiger partial charge < -0.3 is 19.7 Å². The Balaban J connectivity index is 1.65. The maximum atomic E-state index is 12.3. The summed E-state index contributed by atoms with van der Waals surface area (Å²) in [5.41, 5.74) is 2.46. The Morgan fingerprint density at radius 1 is 1.00 bits per heavy atom. The van der Waals surface area contributed by atoms with Crippen molar-refractivity contribution in [2.45, 2.75) is 12.6 Å². The molecule has 0 aliphatic carbocycles. The van der Waals surface area contributed by atoms with Gasteiger partial charge in [0, 0.05) is 53.5 Å². The number of fused-ring (bicyclic) bond motifs is 1. The van der Waals surface area contributed by atoms with E-state index in [1.807, 2.05) is 41.3 Å². The molecule has 2 aromatic carbocycles. The number of hydrogen-bond donors (Lipinski definition) is 2. The topological polar surface area (TPSA) is 86.0 Å². The highest BCUT2D eigenvalue weighted by Gasteiger charge is 2.33. The van der Waals surface area contributed by atoms with E-state index in [-0.39, 0.29) is 6.54 Å². The predicted octanol–water partition coefficient (Wildman–Crippen LogP) is 3.44. The van der Waals surface area contributed by atoms with Crippen LogP contribution in [0, 0.1) is 0 Å². The lowest BCUT2D eigenvalue weighted by Crippen LogP contribution is -2.49. The van der Waals surface area contributed by atoms with E-state index in [0.29, 0.717) is 24.2 Å². The van der Waals surface area contributed by atoms with Crippen LogP contribution in [0.1, 0.15) is 11.6 Å². The molecular weight excluding hydrogens is 450 g/mol. The van der Waals surface area contributed by atoms with Gasteiger partial charge in [-0.05, 0) is 24.3 Å². The molecule has 7 nitrogen and oxygen atoms in total. The van der Waals surface area contributed by atoms with Crippen molar-refractivity contribution in [2.24, 2.45) is 0 Å². The van der Waals surface area contributed by atoms with Crippen LogP contribution in [0.2, 0.25) is 0 Å². The molecule has 1 saturated heterocycles. The lowest BCUT2D eigenvalue weighted by molar-refractivity contribution is -0.143. The van der Waals surface area contributed by atoms with E-state index in [1.54, 1.807) is 10.8 Å². The third kappa shape index (κ3) is 4.06. The van der Waals surface area contributed by atoms with Crippen molar-refractivity contribution in [1.29, 1.82) is 0 Å². The minimum Gasteiger partial charge on any atom is -0.480 e. The third-order valence-electron chi connectivity index (χ3n) is 5.51. The van der Waals surface area contributed by atoms with E-state index in [2.05, 4.69) is 33.0 Å². The van der Waals surface area contributed by atoms with E-state index in [4.69, 9.17) is 0 Å². The lowest BCUT2D eigenvalue weighted by atomic mass is 10.0. The molecule has 156 valence electrons. The molecule has 0 amide bonds. The molecular formula is C22H22BrN3O4. The fourth-order valence-corrected chi connectivity index (χ4v) is 4.50. The Hall–Kier alpha value is -2.84. The molecule has 0 saturated carbocycles. The van der Waals surface area contributed by atoms with Crippen LogP contribution in [-0.4, -0.2) is 57.8 Å². The van der Waals surface area contributed by atoms with Gasteiger partial charge in [-0.3, -0.25) is 14.5 Å². The van der Waals surface area contributed by atoms with Gasteiger partial charge in [0.1, 0.15) is 12.6 Å². The number of carboxylic acid groups (broad SMARTS) is 2. The molecule has 8 heteroatoms. The Kier molecular flexibility index (Phi) is 5.78. The molecule has 2 heterocycles. The highest BCUT2D eigenvalue weighted by Crippen LogP contribution is 2.33. The second kappa shape index (κ2) is 8.49. The van der Waals surface area contributed by atoms with E-state index in [0.717, 1.165) is 28.6 Å². The van der Waals surface area contributed by atoms with Gasteiger partial charge in [-0.2, -0.15) is 0 Å². The van der Waals surface area contributed by atoms with E-state index in [1.165, 1.54) is 0 Å². The zero-order chi connectivity index (χ0) is 21.3. The number of benzene rings is 2. The second-order valence-electron chi connectivity index (χ2n) is 7.37. The van der Waals surface area contributed by atoms with E-state index in [9.17, 15) is 19.8 Å². The number of hydrogen-bond acceptors (Lipinski definition) is 4. The molecule has 1 aliphatic heterocycles. The first-order valence-corrected chi connectivity index (χ1v) is 10.5. The van der Waals surface area contributed by atoms with Crippen LogP contribution in [0.15, 0.2) is 59.2 Å². The van der Waals surface area contributed by atoms with Crippen molar-refractivity contribution in [3.05, 3.63) is 64.8 Å². The van der Waals surface area contributed by atoms with Gasteiger partial charge >= 0.3 is 11.9 Å². The normalized spacial score (nSPS) is 16.0. The monoisotopic (exact) mass is 471 g/mol. The van der Waals surface area contributed by atoms with Gasteiger partial charge in [0.2, 0.25) is 0 Å². The molecule has 1 atom stereocenters. The van der Waals surface area contributed by atoms with Crippen LogP contribution in [0.5, 0.6) is 0 Å². The Bertz CT molecular complexity index is 1070. The van der Waals surface area contributed by atoms with Gasteiger partial charge in [-0.1, -0.05) is 40.2 Å². The molecule has 0 radical (unpaired) electrons. The minimum atomic E-state index is -0.971. The zero-order valence-electron chi connectivity index (χ0n) is 16.2. The first-order chi connectivity index (χ1) is 14.4. The van der Waals surface area contributed by atoms with Crippen LogP contribution < -0.4 is 4.90 Å². The number of carboxylic acids is 2. The smallest absolute Gasteiger partial charge is 0.325 e. The van der Waals surface area contributed by atoms with Gasteiger partial charge in [0.05, 0.1) is 5.52 Å². The van der Waals surface area contributed by atoms with Crippen LogP contribution in [-0.2, 0) is 16.1 Å². The number of aliphatic carboxylic acids is 2. The maximum Gasteiger partial charge on any atom is 0.325 e. The summed E-state index contributed by atoms with van der Waals surface area (Å²) in [6, 6.07) is 14.8. The number of halogens is 1. The molecule has 1 aromatic heterocycles. The minimum absolute atomic E-state index is 0.221. The SMILES string of the molecule is O=C(O)Cn1cc(C(C(=O)O)N2CCN(c3ccccc3)CC2)c2ccc(Br)cc21. The van der Waals surface area contributed by atoms with Gasteiger partial charge in [-0.15, -0.1) is 0 Å². The number of piperazine rings is 1. The van der Waals surface area contributed by atoms with Gasteiger partial charge in [-0.25, -0.2) is 0 Å². The largest absolute Gasteiger partial charge is 0.480 e. The molecule has 3 aromatic rings. The second-order valence-corrected chi connectivity index (χ2v) is 8.28. The average molecular weight is 472 g/mol. The Morgan fingerprint density at radius 3 is 2.33 bits per heavy atom. The quantitative estimate of drug-likeness (QED) is 0.572. The van der Waals surface area contributed by atoms with E-state index >= 15 is 0 Å².